The number of carbonyl (C=O) groups is 1. The first-order chi connectivity index (χ1) is 14.0. The molecule has 3 aromatic rings. The molecule has 1 aliphatic heterocycles. The second-order valence-electron chi connectivity index (χ2n) is 7.02. The van der Waals surface area contributed by atoms with Gasteiger partial charge in [0, 0.05) is 28.6 Å². The van der Waals surface area contributed by atoms with Crippen molar-refractivity contribution < 1.29 is 4.79 Å². The van der Waals surface area contributed by atoms with Crippen LogP contribution in [-0.2, 0) is 0 Å². The van der Waals surface area contributed by atoms with E-state index in [2.05, 4.69) is 27.1 Å². The van der Waals surface area contributed by atoms with E-state index in [0.29, 0.717) is 43.6 Å². The summed E-state index contributed by atoms with van der Waals surface area (Å²) in [5.41, 5.74) is 7.20. The number of nitrogen functional groups attached to an aromatic ring is 1. The molecule has 0 radical (unpaired) electrons. The molecule has 1 amide bonds. The van der Waals surface area contributed by atoms with Crippen LogP contribution in [0.4, 0.5) is 5.95 Å². The largest absolute Gasteiger partial charge is 0.368 e. The fraction of sp³-hybridized carbons (Fsp3) is 0.350. The van der Waals surface area contributed by atoms with Gasteiger partial charge in [0.1, 0.15) is 4.83 Å². The molecule has 3 N–H and O–H groups in total. The second kappa shape index (κ2) is 8.44. The zero-order valence-corrected chi connectivity index (χ0v) is 18.2. The van der Waals surface area contributed by atoms with Crippen LogP contribution in [0.3, 0.4) is 0 Å². The molecule has 1 atom stereocenters. The van der Waals surface area contributed by atoms with E-state index < -0.39 is 0 Å². The predicted molar refractivity (Wildman–Crippen MR) is 120 cm³/mol. The maximum atomic E-state index is 12.8. The van der Waals surface area contributed by atoms with E-state index in [1.165, 1.54) is 17.8 Å². The molecular formula is C20H21Cl2N5OS. The minimum absolute atomic E-state index is 0.109. The smallest absolute Gasteiger partial charge is 0.261 e. The number of rotatable bonds is 5. The van der Waals surface area contributed by atoms with Crippen LogP contribution in [0.25, 0.3) is 21.5 Å². The number of nitrogens with two attached hydrogens (primary N) is 1. The molecule has 0 saturated carbocycles. The van der Waals surface area contributed by atoms with E-state index in [-0.39, 0.29) is 11.9 Å². The Hall–Kier alpha value is -1.93. The molecule has 1 aliphatic rings. The summed E-state index contributed by atoms with van der Waals surface area (Å²) < 4.78 is 0. The first kappa shape index (κ1) is 20.3. The van der Waals surface area contributed by atoms with E-state index in [0.717, 1.165) is 24.9 Å². The summed E-state index contributed by atoms with van der Waals surface area (Å²) in [6.07, 6.45) is 2.29. The number of likely N-dealkylation sites (tertiary alicyclic amines) is 1. The van der Waals surface area contributed by atoms with Gasteiger partial charge in [-0.15, -0.1) is 11.3 Å². The minimum atomic E-state index is -0.109. The molecule has 0 bridgehead atoms. The van der Waals surface area contributed by atoms with Crippen LogP contribution in [0.5, 0.6) is 0 Å². The van der Waals surface area contributed by atoms with Crippen molar-refractivity contribution in [2.45, 2.75) is 25.8 Å². The van der Waals surface area contributed by atoms with Crippen LogP contribution in [0.1, 0.15) is 29.4 Å². The van der Waals surface area contributed by atoms with Gasteiger partial charge in [-0.05, 0) is 50.2 Å². The zero-order chi connectivity index (χ0) is 20.5. The molecule has 2 aromatic heterocycles. The molecular weight excluding hydrogens is 429 g/mol. The van der Waals surface area contributed by atoms with Crippen molar-refractivity contribution in [3.8, 4) is 11.3 Å². The van der Waals surface area contributed by atoms with E-state index >= 15 is 0 Å². The Bertz CT molecular complexity index is 1070. The second-order valence-corrected chi connectivity index (χ2v) is 8.89. The monoisotopic (exact) mass is 449 g/mol. The maximum absolute atomic E-state index is 12.8. The first-order valence-corrected chi connectivity index (χ1v) is 11.1. The van der Waals surface area contributed by atoms with Gasteiger partial charge in [0.15, 0.2) is 0 Å². The van der Waals surface area contributed by atoms with E-state index in [9.17, 15) is 4.79 Å². The quantitative estimate of drug-likeness (QED) is 0.600. The highest BCUT2D eigenvalue weighted by Gasteiger charge is 2.24. The van der Waals surface area contributed by atoms with Crippen LogP contribution in [0.15, 0.2) is 24.3 Å². The van der Waals surface area contributed by atoms with Crippen LogP contribution in [-0.4, -0.2) is 46.5 Å². The highest BCUT2D eigenvalue weighted by Crippen LogP contribution is 2.36. The normalized spacial score (nSPS) is 17.1. The number of benzene rings is 1. The van der Waals surface area contributed by atoms with Gasteiger partial charge >= 0.3 is 0 Å². The topological polar surface area (TPSA) is 84.1 Å². The summed E-state index contributed by atoms with van der Waals surface area (Å²) in [6.45, 7) is 4.90. The van der Waals surface area contributed by atoms with Crippen molar-refractivity contribution in [2.24, 2.45) is 0 Å². The Kier molecular flexibility index (Phi) is 5.92. The molecule has 1 aromatic carbocycles. The third kappa shape index (κ3) is 4.19. The molecule has 29 heavy (non-hydrogen) atoms. The molecule has 4 rings (SSSR count). The molecule has 0 aliphatic carbocycles. The van der Waals surface area contributed by atoms with Crippen LogP contribution in [0, 0.1) is 0 Å². The van der Waals surface area contributed by atoms with Crippen molar-refractivity contribution in [3.63, 3.8) is 0 Å². The molecule has 1 saturated heterocycles. The van der Waals surface area contributed by atoms with Crippen LogP contribution in [0.2, 0.25) is 10.0 Å². The number of likely N-dealkylation sites (N-methyl/N-ethyl adjacent to an activating group) is 1. The Morgan fingerprint density at radius 2 is 2.17 bits per heavy atom. The van der Waals surface area contributed by atoms with Gasteiger partial charge in [-0.25, -0.2) is 9.97 Å². The van der Waals surface area contributed by atoms with Crippen LogP contribution < -0.4 is 11.1 Å². The number of aromatic nitrogens is 2. The van der Waals surface area contributed by atoms with Gasteiger partial charge in [-0.2, -0.15) is 0 Å². The Balaban J connectivity index is 1.63. The Morgan fingerprint density at radius 3 is 2.93 bits per heavy atom. The fourth-order valence-corrected chi connectivity index (χ4v) is 5.23. The zero-order valence-electron chi connectivity index (χ0n) is 15.9. The van der Waals surface area contributed by atoms with Crippen molar-refractivity contribution >= 4 is 56.6 Å². The molecule has 9 heteroatoms. The van der Waals surface area contributed by atoms with E-state index in [1.807, 2.05) is 0 Å². The van der Waals surface area contributed by atoms with Gasteiger partial charge in [-0.3, -0.25) is 9.69 Å². The van der Waals surface area contributed by atoms with E-state index in [1.54, 1.807) is 24.3 Å². The summed E-state index contributed by atoms with van der Waals surface area (Å²) in [7, 11) is 0. The number of thiophene rings is 1. The SMILES string of the molecule is CCN1CCCC1CNC(=O)c1cc2c(-c3ccc(Cl)cc3Cl)nc(N)nc2s1. The number of anilines is 1. The predicted octanol–water partition coefficient (Wildman–Crippen LogP) is 4.46. The molecule has 152 valence electrons. The molecule has 6 nitrogen and oxygen atoms in total. The average Bonchev–Trinajstić information content (AvgIpc) is 3.32. The van der Waals surface area contributed by atoms with E-state index in [4.69, 9.17) is 28.9 Å². The van der Waals surface area contributed by atoms with Gasteiger partial charge in [0.2, 0.25) is 5.95 Å². The molecule has 1 fully saturated rings. The molecule has 3 heterocycles. The number of nitrogens with zero attached hydrogens (tertiary/aromatic N) is 3. The Labute approximate surface area is 183 Å². The third-order valence-electron chi connectivity index (χ3n) is 5.22. The number of hydrogen-bond acceptors (Lipinski definition) is 6. The summed E-state index contributed by atoms with van der Waals surface area (Å²) in [5.74, 6) is 0.0274. The number of hydrogen-bond donors (Lipinski definition) is 2. The third-order valence-corrected chi connectivity index (χ3v) is 6.80. The highest BCUT2D eigenvalue weighted by molar-refractivity contribution is 7.20. The molecule has 1 unspecified atom stereocenters. The minimum Gasteiger partial charge on any atom is -0.368 e. The number of amides is 1. The summed E-state index contributed by atoms with van der Waals surface area (Å²) in [4.78, 5) is 25.1. The highest BCUT2D eigenvalue weighted by atomic mass is 35.5. The average molecular weight is 450 g/mol. The summed E-state index contributed by atoms with van der Waals surface area (Å²) in [6, 6.07) is 7.40. The first-order valence-electron chi connectivity index (χ1n) is 9.51. The van der Waals surface area contributed by atoms with Gasteiger partial charge in [-0.1, -0.05) is 30.1 Å². The molecule has 0 spiro atoms. The van der Waals surface area contributed by atoms with Gasteiger partial charge in [0.25, 0.3) is 5.91 Å². The number of halogens is 2. The standard InChI is InChI=1S/C20H21Cl2N5OS/c1-2-27-7-3-4-12(27)10-24-18(28)16-9-14-17(25-20(23)26-19(14)29-16)13-6-5-11(21)8-15(13)22/h5-6,8-9,12H,2-4,7,10H2,1H3,(H,24,28)(H2,23,25,26). The number of fused-ring (bicyclic) bond motifs is 1. The van der Waals surface area contributed by atoms with Crippen LogP contribution >= 0.6 is 34.5 Å². The van der Waals surface area contributed by atoms with Crippen molar-refractivity contribution in [2.75, 3.05) is 25.4 Å². The fourth-order valence-electron chi connectivity index (χ4n) is 3.78. The summed E-state index contributed by atoms with van der Waals surface area (Å²) in [5, 5.41) is 4.82. The number of nitrogens with one attached hydrogen (secondary N) is 1. The lowest BCUT2D eigenvalue weighted by molar-refractivity contribution is 0.0945. The lowest BCUT2D eigenvalue weighted by Gasteiger charge is -2.22. The summed E-state index contributed by atoms with van der Waals surface area (Å²) >= 11 is 13.7. The van der Waals surface area contributed by atoms with Gasteiger partial charge in [0.05, 0.1) is 15.6 Å². The van der Waals surface area contributed by atoms with Crippen molar-refractivity contribution in [1.82, 2.24) is 20.2 Å². The van der Waals surface area contributed by atoms with Crippen molar-refractivity contribution in [3.05, 3.63) is 39.2 Å². The van der Waals surface area contributed by atoms with Gasteiger partial charge < -0.3 is 11.1 Å². The lowest BCUT2D eigenvalue weighted by atomic mass is 10.1. The number of carbonyl (C=O) groups excluding carboxylic acids is 1. The lowest BCUT2D eigenvalue weighted by Crippen LogP contribution is -2.39. The van der Waals surface area contributed by atoms with Crippen molar-refractivity contribution in [1.29, 1.82) is 0 Å². The maximum Gasteiger partial charge on any atom is 0.261 e. The Morgan fingerprint density at radius 1 is 1.34 bits per heavy atom.